The average Bonchev–Trinajstić information content (AvgIpc) is 3.16. The molecule has 0 N–H and O–H groups in total. The minimum atomic E-state index is 1.12. The molecule has 0 fully saturated rings. The zero-order chi connectivity index (χ0) is 31.4. The molecule has 8 rings (SSSR count). The zero-order valence-electron chi connectivity index (χ0n) is 26.0. The summed E-state index contributed by atoms with van der Waals surface area (Å²) in [6.45, 7) is 0. The highest BCUT2D eigenvalue weighted by molar-refractivity contribution is 6.06. The standard InChI is InChI=1S/C46H33N/c1-4-13-34(14-5-1)35-25-29-42(30-26-35)47(41-21-8-3-9-22-41)43-31-27-36(28-32-43)39-19-10-20-40(33-39)45-24-12-18-38-17-11-23-44(46(38)45)37-15-6-2-7-16-37/h1-33H. The Morgan fingerprint density at radius 3 is 1.26 bits per heavy atom. The van der Waals surface area contributed by atoms with Gasteiger partial charge in [-0.15, -0.1) is 0 Å². The van der Waals surface area contributed by atoms with Crippen molar-refractivity contribution in [3.05, 3.63) is 200 Å². The molecular formula is C46H33N. The first-order valence-corrected chi connectivity index (χ1v) is 16.1. The van der Waals surface area contributed by atoms with Crippen molar-refractivity contribution in [2.75, 3.05) is 4.90 Å². The summed E-state index contributed by atoms with van der Waals surface area (Å²) in [6.07, 6.45) is 0. The Bertz CT molecular complexity index is 2250. The molecule has 0 spiro atoms. The van der Waals surface area contributed by atoms with E-state index in [1.807, 2.05) is 0 Å². The summed E-state index contributed by atoms with van der Waals surface area (Å²) in [5.41, 5.74) is 13.1. The maximum Gasteiger partial charge on any atom is 0.0462 e. The number of rotatable bonds is 7. The molecule has 8 aromatic carbocycles. The lowest BCUT2D eigenvalue weighted by atomic mass is 9.90. The fourth-order valence-electron chi connectivity index (χ4n) is 6.57. The van der Waals surface area contributed by atoms with Crippen LogP contribution in [-0.2, 0) is 0 Å². The van der Waals surface area contributed by atoms with Gasteiger partial charge in [0.2, 0.25) is 0 Å². The largest absolute Gasteiger partial charge is 0.311 e. The van der Waals surface area contributed by atoms with E-state index >= 15 is 0 Å². The highest BCUT2D eigenvalue weighted by Gasteiger charge is 2.14. The topological polar surface area (TPSA) is 3.24 Å². The first-order chi connectivity index (χ1) is 23.3. The van der Waals surface area contributed by atoms with Gasteiger partial charge >= 0.3 is 0 Å². The highest BCUT2D eigenvalue weighted by Crippen LogP contribution is 2.39. The van der Waals surface area contributed by atoms with E-state index in [2.05, 4.69) is 205 Å². The molecule has 0 saturated heterocycles. The molecular weight excluding hydrogens is 567 g/mol. The van der Waals surface area contributed by atoms with Crippen molar-refractivity contribution in [2.24, 2.45) is 0 Å². The summed E-state index contributed by atoms with van der Waals surface area (Å²) >= 11 is 0. The van der Waals surface area contributed by atoms with E-state index in [-0.39, 0.29) is 0 Å². The lowest BCUT2D eigenvalue weighted by molar-refractivity contribution is 1.28. The van der Waals surface area contributed by atoms with Gasteiger partial charge in [-0.3, -0.25) is 0 Å². The SMILES string of the molecule is c1ccc(-c2ccc(N(c3ccccc3)c3ccc(-c4cccc(-c5cccc6cccc(-c7ccccc7)c56)c4)cc3)cc2)cc1. The Balaban J connectivity index is 1.15. The Labute approximate surface area is 276 Å². The number of hydrogen-bond acceptors (Lipinski definition) is 1. The Morgan fingerprint density at radius 1 is 0.255 bits per heavy atom. The van der Waals surface area contributed by atoms with Gasteiger partial charge in [0.05, 0.1) is 0 Å². The molecule has 222 valence electrons. The van der Waals surface area contributed by atoms with E-state index in [0.717, 1.165) is 17.1 Å². The van der Waals surface area contributed by atoms with Gasteiger partial charge in [-0.05, 0) is 97.7 Å². The molecule has 8 aromatic rings. The highest BCUT2D eigenvalue weighted by atomic mass is 15.1. The summed E-state index contributed by atoms with van der Waals surface area (Å²) in [5, 5.41) is 2.53. The van der Waals surface area contributed by atoms with Gasteiger partial charge in [-0.2, -0.15) is 0 Å². The van der Waals surface area contributed by atoms with Crippen LogP contribution in [0.1, 0.15) is 0 Å². The maximum atomic E-state index is 2.32. The van der Waals surface area contributed by atoms with Gasteiger partial charge < -0.3 is 4.90 Å². The third-order valence-electron chi connectivity index (χ3n) is 8.87. The predicted octanol–water partition coefficient (Wildman–Crippen LogP) is 13.0. The number of fused-ring (bicyclic) bond motifs is 1. The number of hydrogen-bond donors (Lipinski definition) is 0. The van der Waals surface area contributed by atoms with Crippen molar-refractivity contribution in [3.8, 4) is 44.5 Å². The second-order valence-electron chi connectivity index (χ2n) is 11.8. The maximum absolute atomic E-state index is 2.32. The third kappa shape index (κ3) is 5.72. The van der Waals surface area contributed by atoms with E-state index in [4.69, 9.17) is 0 Å². The van der Waals surface area contributed by atoms with Crippen LogP contribution in [0.5, 0.6) is 0 Å². The van der Waals surface area contributed by atoms with Gasteiger partial charge in [0, 0.05) is 17.1 Å². The van der Waals surface area contributed by atoms with Crippen LogP contribution in [-0.4, -0.2) is 0 Å². The third-order valence-corrected chi connectivity index (χ3v) is 8.87. The molecule has 0 bridgehead atoms. The molecule has 0 aliphatic heterocycles. The van der Waals surface area contributed by atoms with Crippen LogP contribution in [0.15, 0.2) is 200 Å². The molecule has 47 heavy (non-hydrogen) atoms. The minimum absolute atomic E-state index is 1.12. The molecule has 0 radical (unpaired) electrons. The summed E-state index contributed by atoms with van der Waals surface area (Å²) in [7, 11) is 0. The lowest BCUT2D eigenvalue weighted by Crippen LogP contribution is -2.09. The van der Waals surface area contributed by atoms with Gasteiger partial charge in [0.15, 0.2) is 0 Å². The lowest BCUT2D eigenvalue weighted by Gasteiger charge is -2.26. The van der Waals surface area contributed by atoms with Crippen molar-refractivity contribution in [1.29, 1.82) is 0 Å². The Hall–Kier alpha value is -6.18. The monoisotopic (exact) mass is 599 g/mol. The van der Waals surface area contributed by atoms with E-state index in [1.54, 1.807) is 0 Å². The Kier molecular flexibility index (Phi) is 7.63. The van der Waals surface area contributed by atoms with Crippen molar-refractivity contribution in [3.63, 3.8) is 0 Å². The summed E-state index contributed by atoms with van der Waals surface area (Å²) in [4.78, 5) is 2.32. The minimum Gasteiger partial charge on any atom is -0.311 e. The molecule has 0 unspecified atom stereocenters. The van der Waals surface area contributed by atoms with Crippen LogP contribution >= 0.6 is 0 Å². The van der Waals surface area contributed by atoms with Crippen molar-refractivity contribution in [2.45, 2.75) is 0 Å². The van der Waals surface area contributed by atoms with Crippen LogP contribution in [0.25, 0.3) is 55.3 Å². The van der Waals surface area contributed by atoms with Gasteiger partial charge in [0.1, 0.15) is 0 Å². The molecule has 1 nitrogen and oxygen atoms in total. The van der Waals surface area contributed by atoms with Crippen LogP contribution in [0, 0.1) is 0 Å². The van der Waals surface area contributed by atoms with E-state index in [9.17, 15) is 0 Å². The van der Waals surface area contributed by atoms with E-state index < -0.39 is 0 Å². The van der Waals surface area contributed by atoms with Crippen LogP contribution in [0.2, 0.25) is 0 Å². The quantitative estimate of drug-likeness (QED) is 0.176. The van der Waals surface area contributed by atoms with Gasteiger partial charge in [0.25, 0.3) is 0 Å². The first kappa shape index (κ1) is 28.3. The second-order valence-corrected chi connectivity index (χ2v) is 11.8. The number of benzene rings is 8. The Morgan fingerprint density at radius 2 is 0.660 bits per heavy atom. The van der Waals surface area contributed by atoms with Gasteiger partial charge in [-0.1, -0.05) is 158 Å². The number of para-hydroxylation sites is 1. The van der Waals surface area contributed by atoms with Crippen LogP contribution in [0.4, 0.5) is 17.1 Å². The number of nitrogens with zero attached hydrogens (tertiary/aromatic N) is 1. The van der Waals surface area contributed by atoms with E-state index in [0.29, 0.717) is 0 Å². The summed E-state index contributed by atoms with van der Waals surface area (Å²) < 4.78 is 0. The summed E-state index contributed by atoms with van der Waals surface area (Å²) in [6, 6.07) is 71.7. The van der Waals surface area contributed by atoms with Crippen molar-refractivity contribution >= 4 is 27.8 Å². The van der Waals surface area contributed by atoms with Crippen LogP contribution < -0.4 is 4.90 Å². The smallest absolute Gasteiger partial charge is 0.0462 e. The van der Waals surface area contributed by atoms with Crippen molar-refractivity contribution in [1.82, 2.24) is 0 Å². The molecule has 1 heteroatoms. The number of anilines is 3. The normalized spacial score (nSPS) is 11.0. The molecule has 0 aromatic heterocycles. The van der Waals surface area contributed by atoms with Gasteiger partial charge in [-0.25, -0.2) is 0 Å². The molecule has 0 aliphatic carbocycles. The molecule has 0 amide bonds. The first-order valence-electron chi connectivity index (χ1n) is 16.1. The summed E-state index contributed by atoms with van der Waals surface area (Å²) in [5.74, 6) is 0. The van der Waals surface area contributed by atoms with Crippen LogP contribution in [0.3, 0.4) is 0 Å². The van der Waals surface area contributed by atoms with E-state index in [1.165, 1.54) is 55.3 Å². The molecule has 0 heterocycles. The predicted molar refractivity (Wildman–Crippen MR) is 200 cm³/mol. The second kappa shape index (κ2) is 12.7. The fourth-order valence-corrected chi connectivity index (χ4v) is 6.57. The fraction of sp³-hybridized carbons (Fsp3) is 0. The zero-order valence-corrected chi connectivity index (χ0v) is 26.0. The average molecular weight is 600 g/mol. The molecule has 0 aliphatic rings. The molecule has 0 saturated carbocycles. The molecule has 0 atom stereocenters. The van der Waals surface area contributed by atoms with Crippen molar-refractivity contribution < 1.29 is 0 Å².